The minimum Gasteiger partial charge on any atom is -0.477 e. The van der Waals surface area contributed by atoms with Gasteiger partial charge in [-0.05, 0) is 21.6 Å². The van der Waals surface area contributed by atoms with Gasteiger partial charge in [-0.1, -0.05) is 42.1 Å². The predicted octanol–water partition coefficient (Wildman–Crippen LogP) is -0.237. The number of thioether (sulfide) groups is 2. The summed E-state index contributed by atoms with van der Waals surface area (Å²) in [5.74, 6) is -1.94. The molecule has 39 heavy (non-hydrogen) atoms. The number of nitrogens with one attached hydrogen (secondary N) is 3. The summed E-state index contributed by atoms with van der Waals surface area (Å²) in [6, 6.07) is 4.60. The average Bonchev–Trinajstić information content (AvgIpc) is 3.36. The van der Waals surface area contributed by atoms with Crippen molar-refractivity contribution in [2.45, 2.75) is 22.6 Å². The van der Waals surface area contributed by atoms with E-state index in [-0.39, 0.29) is 11.4 Å². The number of hydrogen-bond acceptors (Lipinski definition) is 10. The second-order valence-corrected chi connectivity index (χ2v) is 10.5. The number of imide groups is 1. The van der Waals surface area contributed by atoms with E-state index in [0.717, 1.165) is 4.90 Å². The topological polar surface area (TPSA) is 192 Å². The maximum Gasteiger partial charge on any atom is 0.352 e. The molecule has 0 radical (unpaired) electrons. The van der Waals surface area contributed by atoms with Crippen molar-refractivity contribution < 1.29 is 29.1 Å². The third-order valence-corrected chi connectivity index (χ3v) is 8.43. The zero-order valence-electron chi connectivity index (χ0n) is 21.0. The Hall–Kier alpha value is -4.12. The molecule has 0 saturated carbocycles. The van der Waals surface area contributed by atoms with Gasteiger partial charge in [0.05, 0.1) is 0 Å². The van der Waals surface area contributed by atoms with Crippen LogP contribution in [0.1, 0.15) is 11.6 Å². The van der Waals surface area contributed by atoms with Crippen molar-refractivity contribution in [3.05, 3.63) is 47.2 Å². The molecule has 2 aromatic rings. The van der Waals surface area contributed by atoms with E-state index in [0.29, 0.717) is 22.0 Å². The van der Waals surface area contributed by atoms with E-state index in [1.807, 2.05) is 0 Å². The van der Waals surface area contributed by atoms with Crippen LogP contribution in [0.3, 0.4) is 0 Å². The SMILES string of the molecule is CNC(=O)N(C)C(=O)NC(C(=O)NC1C(=O)N2C(C(=O)O)=C(CSc3nnnn3C)CS[C@@H]12)c1ccccc1. The molecule has 2 aliphatic heterocycles. The summed E-state index contributed by atoms with van der Waals surface area (Å²) in [6.07, 6.45) is 0. The van der Waals surface area contributed by atoms with Gasteiger partial charge in [0.1, 0.15) is 23.2 Å². The molecule has 4 N–H and O–H groups in total. The van der Waals surface area contributed by atoms with Gasteiger partial charge in [0.15, 0.2) is 0 Å². The zero-order valence-corrected chi connectivity index (χ0v) is 22.7. The number of carboxylic acid groups (broad SMARTS) is 1. The zero-order chi connectivity index (χ0) is 28.3. The Labute approximate surface area is 230 Å². The Morgan fingerprint density at radius 2 is 1.95 bits per heavy atom. The van der Waals surface area contributed by atoms with Gasteiger partial charge in [0.2, 0.25) is 11.1 Å². The number of fused-ring (bicyclic) bond motifs is 1. The Kier molecular flexibility index (Phi) is 8.39. The molecule has 206 valence electrons. The summed E-state index contributed by atoms with van der Waals surface area (Å²) in [5, 5.41) is 28.4. The number of amides is 6. The third-order valence-electron chi connectivity index (χ3n) is 5.99. The van der Waals surface area contributed by atoms with E-state index in [9.17, 15) is 29.1 Å². The smallest absolute Gasteiger partial charge is 0.352 e. The minimum atomic E-state index is -1.25. The molecular formula is C22H25N9O6S2. The summed E-state index contributed by atoms with van der Waals surface area (Å²) >= 11 is 2.57. The van der Waals surface area contributed by atoms with Gasteiger partial charge in [-0.3, -0.25) is 14.5 Å². The van der Waals surface area contributed by atoms with Crippen molar-refractivity contribution in [3.63, 3.8) is 0 Å². The van der Waals surface area contributed by atoms with Crippen molar-refractivity contribution in [1.29, 1.82) is 0 Å². The Morgan fingerprint density at radius 1 is 1.23 bits per heavy atom. The second kappa shape index (κ2) is 11.7. The number of rotatable bonds is 8. The number of aryl methyl sites for hydroxylation is 1. The van der Waals surface area contributed by atoms with Crippen LogP contribution in [0, 0.1) is 0 Å². The number of β-lactam (4-membered cyclic amide) rings is 1. The molecule has 4 rings (SSSR count). The van der Waals surface area contributed by atoms with Crippen LogP contribution in [0.2, 0.25) is 0 Å². The number of carboxylic acids is 1. The summed E-state index contributed by atoms with van der Waals surface area (Å²) in [6.45, 7) is 0. The lowest BCUT2D eigenvalue weighted by Gasteiger charge is -2.49. The van der Waals surface area contributed by atoms with E-state index < -0.39 is 47.3 Å². The van der Waals surface area contributed by atoms with Gasteiger partial charge in [-0.15, -0.1) is 16.9 Å². The number of nitrogens with zero attached hydrogens (tertiary/aromatic N) is 6. The Morgan fingerprint density at radius 3 is 2.56 bits per heavy atom. The monoisotopic (exact) mass is 575 g/mol. The first-order valence-electron chi connectivity index (χ1n) is 11.5. The van der Waals surface area contributed by atoms with Gasteiger partial charge in [-0.25, -0.2) is 24.0 Å². The number of carbonyl (C=O) groups excluding carboxylic acids is 4. The molecule has 6 amide bonds. The largest absolute Gasteiger partial charge is 0.477 e. The van der Waals surface area contributed by atoms with E-state index in [4.69, 9.17) is 0 Å². The van der Waals surface area contributed by atoms with E-state index in [2.05, 4.69) is 31.5 Å². The van der Waals surface area contributed by atoms with Gasteiger partial charge < -0.3 is 21.1 Å². The number of carbonyl (C=O) groups is 5. The number of aromatic nitrogens is 4. The third kappa shape index (κ3) is 5.68. The molecule has 1 aromatic heterocycles. The highest BCUT2D eigenvalue weighted by Gasteiger charge is 2.54. The molecule has 0 aliphatic carbocycles. The lowest BCUT2D eigenvalue weighted by molar-refractivity contribution is -0.151. The molecule has 0 spiro atoms. The first kappa shape index (κ1) is 27.9. The first-order chi connectivity index (χ1) is 18.6. The molecule has 1 saturated heterocycles. The second-order valence-electron chi connectivity index (χ2n) is 8.43. The molecule has 2 aliphatic rings. The normalized spacial score (nSPS) is 18.9. The van der Waals surface area contributed by atoms with Crippen LogP contribution < -0.4 is 16.0 Å². The van der Waals surface area contributed by atoms with Crippen LogP contribution in [0.5, 0.6) is 0 Å². The van der Waals surface area contributed by atoms with Crippen LogP contribution in [0.4, 0.5) is 9.59 Å². The quantitative estimate of drug-likeness (QED) is 0.240. The van der Waals surface area contributed by atoms with Gasteiger partial charge in [0, 0.05) is 32.6 Å². The fourth-order valence-corrected chi connectivity index (χ4v) is 6.29. The van der Waals surface area contributed by atoms with E-state index >= 15 is 0 Å². The fourth-order valence-electron chi connectivity index (χ4n) is 3.95. The van der Waals surface area contributed by atoms with Crippen LogP contribution in [0.15, 0.2) is 46.8 Å². The molecule has 3 atom stereocenters. The fraction of sp³-hybridized carbons (Fsp3) is 0.364. The molecule has 2 unspecified atom stereocenters. The molecule has 3 heterocycles. The average molecular weight is 576 g/mol. The highest BCUT2D eigenvalue weighted by molar-refractivity contribution is 8.01. The maximum absolute atomic E-state index is 13.3. The highest BCUT2D eigenvalue weighted by atomic mass is 32.2. The van der Waals surface area contributed by atoms with Crippen LogP contribution in [-0.2, 0) is 21.4 Å². The Bertz CT molecular complexity index is 1330. The van der Waals surface area contributed by atoms with Crippen molar-refractivity contribution >= 4 is 53.4 Å². The van der Waals surface area contributed by atoms with Crippen molar-refractivity contribution in [2.75, 3.05) is 25.6 Å². The van der Waals surface area contributed by atoms with Gasteiger partial charge in [0.25, 0.3) is 5.91 Å². The van der Waals surface area contributed by atoms with Gasteiger partial charge in [-0.2, -0.15) is 0 Å². The highest BCUT2D eigenvalue weighted by Crippen LogP contribution is 2.41. The number of benzene rings is 1. The van der Waals surface area contributed by atoms with Gasteiger partial charge >= 0.3 is 18.0 Å². The first-order valence-corrected chi connectivity index (χ1v) is 13.5. The molecule has 15 nitrogen and oxygen atoms in total. The summed E-state index contributed by atoms with van der Waals surface area (Å²) in [7, 11) is 4.27. The summed E-state index contributed by atoms with van der Waals surface area (Å²) in [5.41, 5.74) is 0.829. The molecule has 1 fully saturated rings. The standard InChI is InChI=1S/C22H25N9O6S2/c1-23-20(36)29(2)21(37)25-13(11-7-5-4-6-8-11)16(32)24-14-17(33)31-15(19(34)35)12(9-38-18(14)31)10-39-22-26-27-28-30(22)3/h4-8,13-14,18H,9-10H2,1-3H3,(H,23,36)(H,24,32)(H,25,37)(H,34,35)/t13?,14?,18-/m0/s1. The van der Waals surface area contributed by atoms with Crippen molar-refractivity contribution in [1.82, 2.24) is 46.0 Å². The summed E-state index contributed by atoms with van der Waals surface area (Å²) in [4.78, 5) is 65.0. The van der Waals surface area contributed by atoms with Crippen LogP contribution in [-0.4, -0.2) is 102 Å². The Balaban J connectivity index is 1.49. The minimum absolute atomic E-state index is 0.128. The lowest BCUT2D eigenvalue weighted by Crippen LogP contribution is -2.71. The van der Waals surface area contributed by atoms with E-state index in [1.54, 1.807) is 37.4 Å². The lowest BCUT2D eigenvalue weighted by atomic mass is 10.0. The van der Waals surface area contributed by atoms with Crippen LogP contribution >= 0.6 is 23.5 Å². The number of tetrazole rings is 1. The number of aliphatic carboxylic acids is 1. The summed E-state index contributed by atoms with van der Waals surface area (Å²) < 4.78 is 1.46. The van der Waals surface area contributed by atoms with Crippen molar-refractivity contribution in [2.24, 2.45) is 7.05 Å². The van der Waals surface area contributed by atoms with Crippen LogP contribution in [0.25, 0.3) is 0 Å². The molecule has 1 aromatic carbocycles. The molecular weight excluding hydrogens is 550 g/mol. The molecule has 0 bridgehead atoms. The maximum atomic E-state index is 13.3. The predicted molar refractivity (Wildman–Crippen MR) is 139 cm³/mol. The number of urea groups is 2. The molecule has 17 heteroatoms. The number of hydrogen-bond donors (Lipinski definition) is 4. The van der Waals surface area contributed by atoms with E-state index in [1.165, 1.54) is 47.2 Å². The van der Waals surface area contributed by atoms with Crippen molar-refractivity contribution in [3.8, 4) is 0 Å².